The number of nitrogens with zero attached hydrogens (tertiary/aromatic N) is 3. The lowest BCUT2D eigenvalue weighted by molar-refractivity contribution is -0.121. The monoisotopic (exact) mass is 453 g/mol. The second-order valence-electron chi connectivity index (χ2n) is 9.33. The van der Waals surface area contributed by atoms with Crippen LogP contribution in [0.2, 0.25) is 0 Å². The molecule has 8 heteroatoms. The highest BCUT2D eigenvalue weighted by atomic mass is 16.5. The van der Waals surface area contributed by atoms with Gasteiger partial charge in [-0.05, 0) is 56.4 Å². The lowest BCUT2D eigenvalue weighted by Gasteiger charge is -2.30. The normalized spacial score (nSPS) is 18.4. The number of carbonyl (C=O) groups is 2. The smallest absolute Gasteiger partial charge is 0.227 e. The van der Waals surface area contributed by atoms with Crippen molar-refractivity contribution in [2.45, 2.75) is 83.1 Å². The summed E-state index contributed by atoms with van der Waals surface area (Å²) in [5.41, 5.74) is 1.43. The number of aromatic nitrogens is 2. The molecular weight excluding hydrogens is 418 g/mol. The van der Waals surface area contributed by atoms with Crippen LogP contribution < -0.4 is 15.5 Å². The Kier molecular flexibility index (Phi) is 7.62. The molecule has 0 bridgehead atoms. The van der Waals surface area contributed by atoms with Crippen LogP contribution in [0.4, 0.5) is 11.4 Å². The zero-order valence-corrected chi connectivity index (χ0v) is 19.6. The zero-order chi connectivity index (χ0) is 23.1. The fourth-order valence-corrected chi connectivity index (χ4v) is 4.98. The molecule has 1 aromatic heterocycles. The summed E-state index contributed by atoms with van der Waals surface area (Å²) in [6.07, 6.45) is 10.3. The first kappa shape index (κ1) is 23.3. The number of benzene rings is 1. The van der Waals surface area contributed by atoms with E-state index >= 15 is 0 Å². The molecule has 4 rings (SSSR count). The maximum Gasteiger partial charge on any atom is 0.227 e. The summed E-state index contributed by atoms with van der Waals surface area (Å²) in [7, 11) is 0. The molecule has 2 N–H and O–H groups in total. The van der Waals surface area contributed by atoms with Crippen LogP contribution in [0.5, 0.6) is 0 Å². The van der Waals surface area contributed by atoms with E-state index in [0.717, 1.165) is 57.3 Å². The van der Waals surface area contributed by atoms with Gasteiger partial charge in [-0.25, -0.2) is 0 Å². The van der Waals surface area contributed by atoms with Crippen molar-refractivity contribution in [2.24, 2.45) is 0 Å². The summed E-state index contributed by atoms with van der Waals surface area (Å²) in [5.74, 6) is 0.776. The fraction of sp³-hybridized carbons (Fsp3) is 0.600. The average Bonchev–Trinajstić information content (AvgIpc) is 3.18. The third-order valence-electron chi connectivity index (χ3n) is 6.71. The highest BCUT2D eigenvalue weighted by molar-refractivity contribution is 5.90. The van der Waals surface area contributed by atoms with Crippen molar-refractivity contribution < 1.29 is 14.1 Å². The van der Waals surface area contributed by atoms with Gasteiger partial charge in [0.15, 0.2) is 5.82 Å². The van der Waals surface area contributed by atoms with Crippen molar-refractivity contribution in [3.63, 3.8) is 0 Å². The molecule has 1 saturated heterocycles. The molecule has 2 aromatic rings. The highest BCUT2D eigenvalue weighted by Crippen LogP contribution is 2.34. The van der Waals surface area contributed by atoms with Gasteiger partial charge in [0, 0.05) is 44.2 Å². The second kappa shape index (κ2) is 10.8. The number of aryl methyl sites for hydroxylation is 1. The van der Waals surface area contributed by atoms with E-state index in [1.165, 1.54) is 31.9 Å². The Morgan fingerprint density at radius 2 is 1.67 bits per heavy atom. The van der Waals surface area contributed by atoms with E-state index in [1.54, 1.807) is 0 Å². The molecule has 8 nitrogen and oxygen atoms in total. The largest absolute Gasteiger partial charge is 0.372 e. The number of carbonyl (C=O) groups excluding carboxylic acids is 2. The second-order valence-corrected chi connectivity index (χ2v) is 9.33. The highest BCUT2D eigenvalue weighted by Gasteiger charge is 2.38. The average molecular weight is 454 g/mol. The van der Waals surface area contributed by atoms with Gasteiger partial charge in [0.25, 0.3) is 0 Å². The van der Waals surface area contributed by atoms with E-state index in [1.807, 2.05) is 12.1 Å². The molecule has 2 heterocycles. The third kappa shape index (κ3) is 6.12. The van der Waals surface area contributed by atoms with Crippen molar-refractivity contribution in [3.05, 3.63) is 36.0 Å². The number of anilines is 2. The number of hydrogen-bond donors (Lipinski definition) is 2. The molecule has 33 heavy (non-hydrogen) atoms. The van der Waals surface area contributed by atoms with E-state index < -0.39 is 5.54 Å². The molecule has 2 fully saturated rings. The van der Waals surface area contributed by atoms with Gasteiger partial charge < -0.3 is 20.1 Å². The van der Waals surface area contributed by atoms with Gasteiger partial charge in [0.2, 0.25) is 17.7 Å². The Balaban J connectivity index is 1.32. The van der Waals surface area contributed by atoms with Gasteiger partial charge >= 0.3 is 0 Å². The summed E-state index contributed by atoms with van der Waals surface area (Å²) in [5, 5.41) is 10.2. The molecule has 0 atom stereocenters. The topological polar surface area (TPSA) is 100 Å². The van der Waals surface area contributed by atoms with Crippen molar-refractivity contribution in [2.75, 3.05) is 23.3 Å². The van der Waals surface area contributed by atoms with Crippen LogP contribution in [0.25, 0.3) is 0 Å². The van der Waals surface area contributed by atoms with Gasteiger partial charge in [-0.1, -0.05) is 30.8 Å². The maximum absolute atomic E-state index is 12.5. The van der Waals surface area contributed by atoms with Crippen molar-refractivity contribution >= 4 is 23.2 Å². The van der Waals surface area contributed by atoms with E-state index in [0.29, 0.717) is 18.1 Å². The Bertz CT molecular complexity index is 926. The van der Waals surface area contributed by atoms with Gasteiger partial charge in [-0.3, -0.25) is 9.59 Å². The Hall–Kier alpha value is -2.90. The number of nitrogens with one attached hydrogen (secondary N) is 2. The lowest BCUT2D eigenvalue weighted by atomic mass is 9.89. The first-order valence-corrected chi connectivity index (χ1v) is 12.3. The Morgan fingerprint density at radius 1 is 1.00 bits per heavy atom. The lowest BCUT2D eigenvalue weighted by Crippen LogP contribution is -2.45. The molecule has 1 aromatic carbocycles. The van der Waals surface area contributed by atoms with Gasteiger partial charge in [0.05, 0.1) is 0 Å². The van der Waals surface area contributed by atoms with Crippen molar-refractivity contribution in [1.29, 1.82) is 0 Å². The first-order chi connectivity index (χ1) is 16.0. The van der Waals surface area contributed by atoms with Crippen molar-refractivity contribution in [1.82, 2.24) is 15.5 Å². The predicted octanol–water partition coefficient (Wildman–Crippen LogP) is 4.32. The summed E-state index contributed by atoms with van der Waals surface area (Å²) in [4.78, 5) is 31.3. The SMILES string of the molecule is CC(=O)NC1(c2noc(CCC(=O)Nc3ccc(N4CCCCC4)cc3)n2)CCCCCC1. The third-order valence-corrected chi connectivity index (χ3v) is 6.71. The minimum absolute atomic E-state index is 0.0890. The van der Waals surface area contributed by atoms with Crippen LogP contribution in [0, 0.1) is 0 Å². The van der Waals surface area contributed by atoms with Gasteiger partial charge in [-0.15, -0.1) is 0 Å². The number of amides is 2. The predicted molar refractivity (Wildman–Crippen MR) is 127 cm³/mol. The standard InChI is InChI=1S/C25H35N5O3/c1-19(31)28-25(15-5-2-3-6-16-25)24-27-23(33-29-24)14-13-22(32)26-20-9-11-21(12-10-20)30-17-7-4-8-18-30/h9-12H,2-8,13-18H2,1H3,(H,26,32)(H,28,31). The first-order valence-electron chi connectivity index (χ1n) is 12.3. The van der Waals surface area contributed by atoms with Crippen LogP contribution >= 0.6 is 0 Å². The molecule has 0 spiro atoms. The van der Waals surface area contributed by atoms with E-state index in [9.17, 15) is 9.59 Å². The number of piperidine rings is 1. The van der Waals surface area contributed by atoms with Gasteiger partial charge in [-0.2, -0.15) is 4.98 Å². The molecule has 2 amide bonds. The number of rotatable bonds is 7. The molecule has 0 radical (unpaired) electrons. The van der Waals surface area contributed by atoms with Crippen LogP contribution in [0.1, 0.15) is 82.8 Å². The fourth-order valence-electron chi connectivity index (χ4n) is 4.98. The van der Waals surface area contributed by atoms with E-state index in [2.05, 4.69) is 37.8 Å². The van der Waals surface area contributed by atoms with Crippen LogP contribution in [0.15, 0.2) is 28.8 Å². The molecule has 1 saturated carbocycles. The quantitative estimate of drug-likeness (QED) is 0.606. The summed E-state index contributed by atoms with van der Waals surface area (Å²) >= 11 is 0. The molecular formula is C25H35N5O3. The minimum atomic E-state index is -0.567. The minimum Gasteiger partial charge on any atom is -0.372 e. The molecule has 1 aliphatic heterocycles. The summed E-state index contributed by atoms with van der Waals surface area (Å²) < 4.78 is 5.45. The summed E-state index contributed by atoms with van der Waals surface area (Å²) in [6.45, 7) is 3.72. The Morgan fingerprint density at radius 3 is 2.33 bits per heavy atom. The zero-order valence-electron chi connectivity index (χ0n) is 19.6. The van der Waals surface area contributed by atoms with Crippen LogP contribution in [0.3, 0.4) is 0 Å². The summed E-state index contributed by atoms with van der Waals surface area (Å²) in [6, 6.07) is 8.05. The van der Waals surface area contributed by atoms with Crippen LogP contribution in [-0.4, -0.2) is 35.0 Å². The molecule has 178 valence electrons. The Labute approximate surface area is 195 Å². The molecule has 2 aliphatic rings. The molecule has 0 unspecified atom stereocenters. The van der Waals surface area contributed by atoms with E-state index in [-0.39, 0.29) is 18.2 Å². The van der Waals surface area contributed by atoms with Crippen molar-refractivity contribution in [3.8, 4) is 0 Å². The molecule has 1 aliphatic carbocycles. The maximum atomic E-state index is 12.5. The van der Waals surface area contributed by atoms with E-state index in [4.69, 9.17) is 4.52 Å². The van der Waals surface area contributed by atoms with Gasteiger partial charge in [0.1, 0.15) is 5.54 Å². The number of hydrogen-bond acceptors (Lipinski definition) is 6. The van der Waals surface area contributed by atoms with Crippen LogP contribution in [-0.2, 0) is 21.5 Å².